The molecule has 5 nitrogen and oxygen atoms in total. The number of benzene rings is 1. The van der Waals surface area contributed by atoms with Gasteiger partial charge in [-0.15, -0.1) is 0 Å². The van der Waals surface area contributed by atoms with Gasteiger partial charge in [0.15, 0.2) is 10.8 Å². The van der Waals surface area contributed by atoms with Crippen LogP contribution in [-0.2, 0) is 0 Å². The van der Waals surface area contributed by atoms with Gasteiger partial charge in [0, 0.05) is 5.02 Å². The van der Waals surface area contributed by atoms with Crippen LogP contribution >= 0.6 is 23.2 Å². The Morgan fingerprint density at radius 1 is 1.17 bits per heavy atom. The lowest BCUT2D eigenvalue weighted by Gasteiger charge is -2.06. The van der Waals surface area contributed by atoms with Gasteiger partial charge in [0.2, 0.25) is 5.95 Å². The molecule has 90 valence electrons. The van der Waals surface area contributed by atoms with Crippen LogP contribution in [0.4, 0.5) is 5.95 Å². The van der Waals surface area contributed by atoms with Crippen LogP contribution in [0, 0.1) is 0 Å². The molecule has 0 bridgehead atoms. The van der Waals surface area contributed by atoms with Crippen molar-refractivity contribution in [2.75, 3.05) is 5.73 Å². The third-order valence-electron chi connectivity index (χ3n) is 2.50. The average molecular weight is 280 g/mol. The molecule has 0 fully saturated rings. The molecule has 0 aliphatic heterocycles. The first-order valence-electron chi connectivity index (χ1n) is 5.07. The molecule has 0 atom stereocenters. The number of fused-ring (bicyclic) bond motifs is 1. The molecule has 0 spiro atoms. The summed E-state index contributed by atoms with van der Waals surface area (Å²) < 4.78 is 1.67. The second-order valence-corrected chi connectivity index (χ2v) is 4.42. The molecule has 3 rings (SSSR count). The molecule has 0 radical (unpaired) electrons. The van der Waals surface area contributed by atoms with E-state index in [1.165, 1.54) is 6.33 Å². The standard InChI is InChI=1S/C11H7Cl2N5/c12-6-2-1-3-7(4-6)18-8-9(13)15-5-16-10(8)17-11(18)14/h1-5H,(H2,14,15,16,17). The highest BCUT2D eigenvalue weighted by molar-refractivity contribution is 6.33. The largest absolute Gasteiger partial charge is 0.369 e. The fraction of sp³-hybridized carbons (Fsp3) is 0. The molecule has 0 saturated carbocycles. The van der Waals surface area contributed by atoms with Gasteiger partial charge in [-0.2, -0.15) is 4.98 Å². The Balaban J connectivity index is 2.38. The van der Waals surface area contributed by atoms with Crippen LogP contribution in [0.2, 0.25) is 10.2 Å². The van der Waals surface area contributed by atoms with E-state index in [4.69, 9.17) is 28.9 Å². The Morgan fingerprint density at radius 3 is 2.78 bits per heavy atom. The van der Waals surface area contributed by atoms with Gasteiger partial charge in [0.25, 0.3) is 0 Å². The highest BCUT2D eigenvalue weighted by Gasteiger charge is 2.14. The number of nitrogens with two attached hydrogens (primary N) is 1. The van der Waals surface area contributed by atoms with Crippen LogP contribution in [0.1, 0.15) is 0 Å². The van der Waals surface area contributed by atoms with E-state index in [1.54, 1.807) is 16.7 Å². The first-order valence-corrected chi connectivity index (χ1v) is 5.83. The van der Waals surface area contributed by atoms with Crippen LogP contribution in [-0.4, -0.2) is 19.5 Å². The minimum atomic E-state index is 0.287. The summed E-state index contributed by atoms with van der Waals surface area (Å²) in [7, 11) is 0. The molecule has 0 amide bonds. The summed E-state index contributed by atoms with van der Waals surface area (Å²) in [6.07, 6.45) is 1.35. The monoisotopic (exact) mass is 279 g/mol. The van der Waals surface area contributed by atoms with E-state index in [0.29, 0.717) is 21.3 Å². The van der Waals surface area contributed by atoms with E-state index >= 15 is 0 Å². The Bertz CT molecular complexity index is 737. The van der Waals surface area contributed by atoms with Gasteiger partial charge in [-0.25, -0.2) is 9.97 Å². The molecule has 0 aliphatic carbocycles. The SMILES string of the molecule is Nc1nc2ncnc(Cl)c2n1-c1cccc(Cl)c1. The highest BCUT2D eigenvalue weighted by atomic mass is 35.5. The summed E-state index contributed by atoms with van der Waals surface area (Å²) in [6.45, 7) is 0. The number of hydrogen-bond acceptors (Lipinski definition) is 4. The zero-order valence-corrected chi connectivity index (χ0v) is 10.5. The number of rotatable bonds is 1. The van der Waals surface area contributed by atoms with Crippen molar-refractivity contribution in [1.29, 1.82) is 0 Å². The van der Waals surface area contributed by atoms with Crippen LogP contribution < -0.4 is 5.73 Å². The second-order valence-electron chi connectivity index (χ2n) is 3.62. The molecule has 0 saturated heterocycles. The van der Waals surface area contributed by atoms with Crippen LogP contribution in [0.3, 0.4) is 0 Å². The third kappa shape index (κ3) is 1.68. The molecule has 2 aromatic heterocycles. The Hall–Kier alpha value is -1.85. The minimum Gasteiger partial charge on any atom is -0.369 e. The molecule has 7 heteroatoms. The van der Waals surface area contributed by atoms with Gasteiger partial charge in [0.05, 0.1) is 5.69 Å². The van der Waals surface area contributed by atoms with Crippen molar-refractivity contribution in [2.24, 2.45) is 0 Å². The van der Waals surface area contributed by atoms with Crippen LogP contribution in [0.15, 0.2) is 30.6 Å². The summed E-state index contributed by atoms with van der Waals surface area (Å²) in [6, 6.07) is 7.22. The van der Waals surface area contributed by atoms with E-state index in [-0.39, 0.29) is 5.95 Å². The van der Waals surface area contributed by atoms with E-state index in [1.807, 2.05) is 12.1 Å². The number of anilines is 1. The van der Waals surface area contributed by atoms with Gasteiger partial charge < -0.3 is 5.73 Å². The van der Waals surface area contributed by atoms with Crippen molar-refractivity contribution < 1.29 is 0 Å². The van der Waals surface area contributed by atoms with Gasteiger partial charge >= 0.3 is 0 Å². The Labute approximate surface area is 112 Å². The summed E-state index contributed by atoms with van der Waals surface area (Å²) in [5.74, 6) is 0.287. The predicted molar refractivity (Wildman–Crippen MR) is 71.1 cm³/mol. The Kier molecular flexibility index (Phi) is 2.57. The lowest BCUT2D eigenvalue weighted by molar-refractivity contribution is 1.10. The minimum absolute atomic E-state index is 0.287. The zero-order valence-electron chi connectivity index (χ0n) is 9.01. The van der Waals surface area contributed by atoms with Crippen LogP contribution in [0.5, 0.6) is 0 Å². The van der Waals surface area contributed by atoms with Gasteiger partial charge in [-0.1, -0.05) is 29.3 Å². The first kappa shape index (κ1) is 11.3. The van der Waals surface area contributed by atoms with Crippen molar-refractivity contribution in [1.82, 2.24) is 19.5 Å². The quantitative estimate of drug-likeness (QED) is 0.696. The smallest absolute Gasteiger partial charge is 0.207 e. The number of hydrogen-bond donors (Lipinski definition) is 1. The molecule has 3 aromatic rings. The van der Waals surface area contributed by atoms with E-state index in [9.17, 15) is 0 Å². The molecule has 2 heterocycles. The Morgan fingerprint density at radius 2 is 2.00 bits per heavy atom. The lowest BCUT2D eigenvalue weighted by Crippen LogP contribution is -2.01. The van der Waals surface area contributed by atoms with E-state index in [2.05, 4.69) is 15.0 Å². The molecular weight excluding hydrogens is 273 g/mol. The van der Waals surface area contributed by atoms with Gasteiger partial charge in [-0.3, -0.25) is 4.57 Å². The molecule has 1 aromatic carbocycles. The van der Waals surface area contributed by atoms with Crippen molar-refractivity contribution in [3.8, 4) is 5.69 Å². The van der Waals surface area contributed by atoms with E-state index < -0.39 is 0 Å². The topological polar surface area (TPSA) is 69.6 Å². The number of halogens is 2. The maximum atomic E-state index is 6.06. The number of imidazole rings is 1. The summed E-state index contributed by atoms with van der Waals surface area (Å²) >= 11 is 12.0. The zero-order chi connectivity index (χ0) is 12.7. The highest BCUT2D eigenvalue weighted by Crippen LogP contribution is 2.27. The lowest BCUT2D eigenvalue weighted by atomic mass is 10.3. The average Bonchev–Trinajstić information content (AvgIpc) is 2.67. The second kappa shape index (κ2) is 4.12. The predicted octanol–water partition coefficient (Wildman–Crippen LogP) is 2.70. The van der Waals surface area contributed by atoms with Crippen molar-refractivity contribution in [3.05, 3.63) is 40.8 Å². The van der Waals surface area contributed by atoms with Crippen molar-refractivity contribution >= 4 is 40.3 Å². The fourth-order valence-electron chi connectivity index (χ4n) is 1.77. The normalized spacial score (nSPS) is 11.0. The summed E-state index contributed by atoms with van der Waals surface area (Å²) in [5, 5.41) is 0.894. The molecule has 2 N–H and O–H groups in total. The molecule has 0 unspecified atom stereocenters. The van der Waals surface area contributed by atoms with Gasteiger partial charge in [-0.05, 0) is 18.2 Å². The molecular formula is C11H7Cl2N5. The van der Waals surface area contributed by atoms with Gasteiger partial charge in [0.1, 0.15) is 11.8 Å². The summed E-state index contributed by atoms with van der Waals surface area (Å²) in [4.78, 5) is 12.1. The number of nitrogens with zero attached hydrogens (tertiary/aromatic N) is 4. The van der Waals surface area contributed by atoms with Crippen molar-refractivity contribution in [3.63, 3.8) is 0 Å². The maximum absolute atomic E-state index is 6.06. The molecule has 0 aliphatic rings. The molecule has 18 heavy (non-hydrogen) atoms. The van der Waals surface area contributed by atoms with E-state index in [0.717, 1.165) is 5.69 Å². The first-order chi connectivity index (χ1) is 8.66. The fourth-order valence-corrected chi connectivity index (χ4v) is 2.17. The van der Waals surface area contributed by atoms with Crippen molar-refractivity contribution in [2.45, 2.75) is 0 Å². The third-order valence-corrected chi connectivity index (χ3v) is 3.01. The number of aromatic nitrogens is 4. The maximum Gasteiger partial charge on any atom is 0.207 e. The summed E-state index contributed by atoms with van der Waals surface area (Å²) in [5.41, 5.74) is 7.67. The van der Waals surface area contributed by atoms with Crippen LogP contribution in [0.25, 0.3) is 16.9 Å². The number of nitrogen functional groups attached to an aromatic ring is 1.